The topological polar surface area (TPSA) is 53.1 Å². The Hall–Kier alpha value is -1.81. The van der Waals surface area contributed by atoms with E-state index < -0.39 is 0 Å². The van der Waals surface area contributed by atoms with Gasteiger partial charge in [0.2, 0.25) is 0 Å². The molecule has 0 saturated heterocycles. The van der Waals surface area contributed by atoms with Crippen LogP contribution in [0.2, 0.25) is 0 Å². The van der Waals surface area contributed by atoms with Gasteiger partial charge in [-0.05, 0) is 13.0 Å². The Morgan fingerprint density at radius 3 is 3.00 bits per heavy atom. The molecule has 0 saturated carbocycles. The number of nitrogens with zero attached hydrogens (tertiary/aromatic N) is 2. The third kappa shape index (κ3) is 3.07. The number of imidazole rings is 1. The summed E-state index contributed by atoms with van der Waals surface area (Å²) in [6, 6.07) is 6.07. The summed E-state index contributed by atoms with van der Waals surface area (Å²) in [6.45, 7) is 3.96. The van der Waals surface area contributed by atoms with Crippen LogP contribution >= 0.6 is 0 Å². The number of ether oxygens (including phenoxy) is 1. The molecule has 0 aliphatic rings. The molecule has 0 aliphatic carbocycles. The maximum Gasteiger partial charge on any atom is 0.123 e. The van der Waals surface area contributed by atoms with Gasteiger partial charge in [-0.1, -0.05) is 17.7 Å². The van der Waals surface area contributed by atoms with Crippen LogP contribution < -0.4 is 10.5 Å². The number of aromatic nitrogens is 2. The minimum absolute atomic E-state index is 0.502. The normalized spacial score (nSPS) is 10.5. The van der Waals surface area contributed by atoms with Crippen LogP contribution in [0.5, 0.6) is 5.75 Å². The zero-order valence-electron chi connectivity index (χ0n) is 9.97. The van der Waals surface area contributed by atoms with Crippen molar-refractivity contribution in [2.45, 2.75) is 20.0 Å². The van der Waals surface area contributed by atoms with Crippen LogP contribution in [0.3, 0.4) is 0 Å². The molecule has 2 aromatic rings. The first kappa shape index (κ1) is 11.7. The molecule has 0 aliphatic heterocycles. The van der Waals surface area contributed by atoms with E-state index in [1.807, 2.05) is 22.9 Å². The smallest absolute Gasteiger partial charge is 0.123 e. The zero-order chi connectivity index (χ0) is 12.1. The summed E-state index contributed by atoms with van der Waals surface area (Å²) in [6.07, 6.45) is 5.46. The largest absolute Gasteiger partial charge is 0.491 e. The maximum absolute atomic E-state index is 5.73. The molecular formula is C13H17N3O. The summed E-state index contributed by atoms with van der Waals surface area (Å²) in [5.74, 6) is 0.873. The number of nitrogens with two attached hydrogens (primary N) is 1. The minimum atomic E-state index is 0.502. The standard InChI is InChI=1S/C13H17N3O/c1-11-2-3-13(12(8-11)9-14)17-7-6-16-5-4-15-10-16/h2-5,8,10H,6-7,9,14H2,1H3. The van der Waals surface area contributed by atoms with E-state index in [9.17, 15) is 0 Å². The van der Waals surface area contributed by atoms with Gasteiger partial charge in [0, 0.05) is 24.5 Å². The van der Waals surface area contributed by atoms with Gasteiger partial charge in [-0.2, -0.15) is 0 Å². The Morgan fingerprint density at radius 1 is 1.41 bits per heavy atom. The molecule has 0 atom stereocenters. The van der Waals surface area contributed by atoms with E-state index in [-0.39, 0.29) is 0 Å². The fraction of sp³-hybridized carbons (Fsp3) is 0.308. The molecular weight excluding hydrogens is 214 g/mol. The van der Waals surface area contributed by atoms with Gasteiger partial charge >= 0.3 is 0 Å². The Bertz CT molecular complexity index is 466. The lowest BCUT2D eigenvalue weighted by atomic mass is 10.1. The van der Waals surface area contributed by atoms with E-state index in [2.05, 4.69) is 18.0 Å². The molecule has 17 heavy (non-hydrogen) atoms. The first-order chi connectivity index (χ1) is 8.29. The number of hydrogen-bond acceptors (Lipinski definition) is 3. The second kappa shape index (κ2) is 5.50. The van der Waals surface area contributed by atoms with E-state index in [0.717, 1.165) is 17.9 Å². The number of aryl methyl sites for hydroxylation is 1. The molecule has 0 radical (unpaired) electrons. The van der Waals surface area contributed by atoms with Gasteiger partial charge in [0.1, 0.15) is 12.4 Å². The second-order valence-corrected chi connectivity index (χ2v) is 3.96. The lowest BCUT2D eigenvalue weighted by molar-refractivity contribution is 0.295. The van der Waals surface area contributed by atoms with Crippen molar-refractivity contribution < 1.29 is 4.74 Å². The Balaban J connectivity index is 1.94. The predicted octanol–water partition coefficient (Wildman–Crippen LogP) is 1.73. The molecule has 4 heteroatoms. The van der Waals surface area contributed by atoms with Gasteiger partial charge in [-0.3, -0.25) is 0 Å². The fourth-order valence-corrected chi connectivity index (χ4v) is 1.69. The number of rotatable bonds is 5. The summed E-state index contributed by atoms with van der Waals surface area (Å²) in [5.41, 5.74) is 7.94. The predicted molar refractivity (Wildman–Crippen MR) is 66.8 cm³/mol. The Labute approximate surface area is 101 Å². The van der Waals surface area contributed by atoms with Crippen molar-refractivity contribution in [2.75, 3.05) is 6.61 Å². The molecule has 1 aromatic heterocycles. The van der Waals surface area contributed by atoms with Crippen molar-refractivity contribution in [3.05, 3.63) is 48.0 Å². The Kier molecular flexibility index (Phi) is 3.77. The first-order valence-electron chi connectivity index (χ1n) is 5.67. The van der Waals surface area contributed by atoms with Crippen molar-refractivity contribution in [3.63, 3.8) is 0 Å². The summed E-state index contributed by atoms with van der Waals surface area (Å²) in [7, 11) is 0. The maximum atomic E-state index is 5.73. The summed E-state index contributed by atoms with van der Waals surface area (Å²) >= 11 is 0. The lowest BCUT2D eigenvalue weighted by Gasteiger charge is -2.11. The molecule has 0 fully saturated rings. The minimum Gasteiger partial charge on any atom is -0.491 e. The van der Waals surface area contributed by atoms with Gasteiger partial charge in [-0.25, -0.2) is 4.98 Å². The number of hydrogen-bond donors (Lipinski definition) is 1. The van der Waals surface area contributed by atoms with Gasteiger partial charge in [0.25, 0.3) is 0 Å². The molecule has 2 N–H and O–H groups in total. The van der Waals surface area contributed by atoms with Crippen molar-refractivity contribution in [1.29, 1.82) is 0 Å². The zero-order valence-corrected chi connectivity index (χ0v) is 9.97. The van der Waals surface area contributed by atoms with E-state index in [0.29, 0.717) is 13.2 Å². The van der Waals surface area contributed by atoms with Gasteiger partial charge in [-0.15, -0.1) is 0 Å². The summed E-state index contributed by atoms with van der Waals surface area (Å²) in [5, 5.41) is 0. The molecule has 0 amide bonds. The van der Waals surface area contributed by atoms with Gasteiger partial charge < -0.3 is 15.0 Å². The third-order valence-corrected chi connectivity index (χ3v) is 2.60. The molecule has 0 bridgehead atoms. The van der Waals surface area contributed by atoms with E-state index in [1.54, 1.807) is 12.5 Å². The van der Waals surface area contributed by atoms with Crippen molar-refractivity contribution in [1.82, 2.24) is 9.55 Å². The van der Waals surface area contributed by atoms with Gasteiger partial charge in [0.15, 0.2) is 0 Å². The highest BCUT2D eigenvalue weighted by Gasteiger charge is 2.02. The highest BCUT2D eigenvalue weighted by Crippen LogP contribution is 2.19. The average Bonchev–Trinajstić information content (AvgIpc) is 2.84. The first-order valence-corrected chi connectivity index (χ1v) is 5.67. The summed E-state index contributed by atoms with van der Waals surface area (Å²) in [4.78, 5) is 3.98. The molecule has 90 valence electrons. The average molecular weight is 231 g/mol. The van der Waals surface area contributed by atoms with Crippen LogP contribution in [0, 0.1) is 6.92 Å². The van der Waals surface area contributed by atoms with Crippen LogP contribution in [-0.2, 0) is 13.1 Å². The second-order valence-electron chi connectivity index (χ2n) is 3.96. The van der Waals surface area contributed by atoms with Crippen molar-refractivity contribution in [3.8, 4) is 5.75 Å². The lowest BCUT2D eigenvalue weighted by Crippen LogP contribution is -2.09. The number of benzene rings is 1. The van der Waals surface area contributed by atoms with Crippen molar-refractivity contribution in [2.24, 2.45) is 5.73 Å². The van der Waals surface area contributed by atoms with Gasteiger partial charge in [0.05, 0.1) is 12.9 Å². The van der Waals surface area contributed by atoms with Crippen LogP contribution in [0.15, 0.2) is 36.9 Å². The van der Waals surface area contributed by atoms with E-state index in [1.165, 1.54) is 5.56 Å². The monoisotopic (exact) mass is 231 g/mol. The van der Waals surface area contributed by atoms with E-state index in [4.69, 9.17) is 10.5 Å². The molecule has 1 aromatic carbocycles. The van der Waals surface area contributed by atoms with Crippen LogP contribution in [-0.4, -0.2) is 16.2 Å². The van der Waals surface area contributed by atoms with Crippen LogP contribution in [0.4, 0.5) is 0 Å². The third-order valence-electron chi connectivity index (χ3n) is 2.60. The fourth-order valence-electron chi connectivity index (χ4n) is 1.69. The van der Waals surface area contributed by atoms with Crippen molar-refractivity contribution >= 4 is 0 Å². The van der Waals surface area contributed by atoms with Crippen LogP contribution in [0.25, 0.3) is 0 Å². The highest BCUT2D eigenvalue weighted by molar-refractivity contribution is 5.36. The van der Waals surface area contributed by atoms with E-state index >= 15 is 0 Å². The Morgan fingerprint density at radius 2 is 2.29 bits per heavy atom. The molecule has 2 rings (SSSR count). The SMILES string of the molecule is Cc1ccc(OCCn2ccnc2)c(CN)c1. The molecule has 4 nitrogen and oxygen atoms in total. The quantitative estimate of drug-likeness (QED) is 0.852. The summed E-state index contributed by atoms with van der Waals surface area (Å²) < 4.78 is 7.71. The van der Waals surface area contributed by atoms with Crippen LogP contribution in [0.1, 0.15) is 11.1 Å². The highest BCUT2D eigenvalue weighted by atomic mass is 16.5. The molecule has 0 unspecified atom stereocenters. The molecule has 0 spiro atoms. The molecule has 1 heterocycles.